The molecule has 6 nitrogen and oxygen atoms in total. The molecule has 4 unspecified atom stereocenters. The molecule has 4 atom stereocenters. The molecular weight excluding hydrogens is 598 g/mol. The first-order valence-corrected chi connectivity index (χ1v) is 20.7. The molecule has 0 aliphatic carbocycles. The van der Waals surface area contributed by atoms with Crippen LogP contribution in [0.25, 0.3) is 0 Å². The predicted molar refractivity (Wildman–Crippen MR) is 205 cm³/mol. The van der Waals surface area contributed by atoms with Crippen molar-refractivity contribution in [2.24, 2.45) is 0 Å². The van der Waals surface area contributed by atoms with E-state index in [9.17, 15) is 25.2 Å². The molecule has 0 radical (unpaired) electrons. The van der Waals surface area contributed by atoms with E-state index in [4.69, 9.17) is 0 Å². The van der Waals surface area contributed by atoms with Crippen LogP contribution in [0.1, 0.15) is 206 Å². The smallest absolute Gasteiger partial charge is 0.249 e. The molecule has 0 aromatic rings. The Hall–Kier alpha value is -1.21. The molecule has 5 N–H and O–H groups in total. The summed E-state index contributed by atoms with van der Waals surface area (Å²) in [7, 11) is 0. The molecule has 0 heterocycles. The summed E-state index contributed by atoms with van der Waals surface area (Å²) < 4.78 is 0. The molecular formula is C42H81NO5. The number of aliphatic hydroxyl groups is 4. The summed E-state index contributed by atoms with van der Waals surface area (Å²) in [6.07, 6.45) is 40.7. The summed E-state index contributed by atoms with van der Waals surface area (Å²) in [6.45, 7) is 4.00. The highest BCUT2D eigenvalue weighted by Crippen LogP contribution is 2.15. The Balaban J connectivity index is 3.74. The van der Waals surface area contributed by atoms with Crippen molar-refractivity contribution in [3.63, 3.8) is 0 Å². The molecule has 0 aliphatic heterocycles. The maximum absolute atomic E-state index is 12.5. The van der Waals surface area contributed by atoms with Crippen LogP contribution in [0.4, 0.5) is 0 Å². The number of amides is 1. The first kappa shape index (κ1) is 46.8. The van der Waals surface area contributed by atoms with Crippen LogP contribution in [0.3, 0.4) is 0 Å². The van der Waals surface area contributed by atoms with Gasteiger partial charge in [0.05, 0.1) is 18.8 Å². The van der Waals surface area contributed by atoms with Gasteiger partial charge in [0.2, 0.25) is 5.91 Å². The molecule has 0 aliphatic rings. The lowest BCUT2D eigenvalue weighted by molar-refractivity contribution is -0.132. The highest BCUT2D eigenvalue weighted by Gasteiger charge is 2.28. The van der Waals surface area contributed by atoms with Gasteiger partial charge in [-0.25, -0.2) is 0 Å². The van der Waals surface area contributed by atoms with Gasteiger partial charge in [-0.3, -0.25) is 4.79 Å². The molecule has 0 rings (SSSR count). The molecule has 284 valence electrons. The zero-order valence-electron chi connectivity index (χ0n) is 31.7. The Labute approximate surface area is 297 Å². The van der Waals surface area contributed by atoms with Gasteiger partial charge < -0.3 is 25.7 Å². The summed E-state index contributed by atoms with van der Waals surface area (Å²) in [6, 6.07) is -1.00. The second-order valence-electron chi connectivity index (χ2n) is 14.3. The van der Waals surface area contributed by atoms with Crippen LogP contribution in [0.5, 0.6) is 0 Å². The van der Waals surface area contributed by atoms with Crippen molar-refractivity contribution in [1.82, 2.24) is 5.32 Å². The average molecular weight is 680 g/mol. The van der Waals surface area contributed by atoms with Gasteiger partial charge in [-0.15, -0.1) is 0 Å². The first-order valence-electron chi connectivity index (χ1n) is 20.7. The van der Waals surface area contributed by atoms with E-state index in [1.807, 2.05) is 0 Å². The van der Waals surface area contributed by atoms with E-state index in [1.165, 1.54) is 135 Å². The maximum Gasteiger partial charge on any atom is 0.249 e. The molecule has 0 fully saturated rings. The third kappa shape index (κ3) is 30.8. The largest absolute Gasteiger partial charge is 0.394 e. The molecule has 0 saturated heterocycles. The molecule has 0 spiro atoms. The quantitative estimate of drug-likeness (QED) is 0.0332. The van der Waals surface area contributed by atoms with E-state index in [1.54, 1.807) is 0 Å². The maximum atomic E-state index is 12.5. The summed E-state index contributed by atoms with van der Waals surface area (Å²) in [4.78, 5) is 12.5. The third-order valence-corrected chi connectivity index (χ3v) is 9.63. The number of carbonyl (C=O) groups is 1. The minimum atomic E-state index is -1.28. The Kier molecular flexibility index (Phi) is 36.1. The number of hydrogen-bond donors (Lipinski definition) is 5. The lowest BCUT2D eigenvalue weighted by Gasteiger charge is -2.27. The summed E-state index contributed by atoms with van der Waals surface area (Å²) >= 11 is 0. The van der Waals surface area contributed by atoms with Crippen molar-refractivity contribution in [3.05, 3.63) is 24.3 Å². The molecule has 0 aromatic heterocycles. The van der Waals surface area contributed by atoms with Crippen molar-refractivity contribution in [1.29, 1.82) is 0 Å². The van der Waals surface area contributed by atoms with Crippen LogP contribution in [-0.2, 0) is 4.79 Å². The van der Waals surface area contributed by atoms with Crippen molar-refractivity contribution < 1.29 is 25.2 Å². The summed E-state index contributed by atoms with van der Waals surface area (Å²) in [5.74, 6) is -0.600. The number of nitrogens with one attached hydrogen (secondary N) is 1. The van der Waals surface area contributed by atoms with Gasteiger partial charge in [-0.1, -0.05) is 167 Å². The van der Waals surface area contributed by atoms with E-state index < -0.39 is 36.9 Å². The SMILES string of the molecule is CCCCCCC/C=C/CCCC(O)C(O)C(CO)NC(=O)C(O)CCCCCCCC/C=C\CCCCCCCCCCCCCC. The van der Waals surface area contributed by atoms with Gasteiger partial charge in [0, 0.05) is 0 Å². The first-order chi connectivity index (χ1) is 23.5. The Bertz CT molecular complexity index is 727. The number of rotatable bonds is 37. The molecule has 48 heavy (non-hydrogen) atoms. The van der Waals surface area contributed by atoms with Crippen LogP contribution < -0.4 is 5.32 Å². The van der Waals surface area contributed by atoms with Gasteiger partial charge >= 0.3 is 0 Å². The van der Waals surface area contributed by atoms with Crippen LogP contribution in [0.2, 0.25) is 0 Å². The minimum absolute atomic E-state index is 0.357. The Morgan fingerprint density at radius 2 is 0.854 bits per heavy atom. The van der Waals surface area contributed by atoms with Gasteiger partial charge in [0.15, 0.2) is 0 Å². The second-order valence-corrected chi connectivity index (χ2v) is 14.3. The normalized spacial score (nSPS) is 14.5. The van der Waals surface area contributed by atoms with Gasteiger partial charge in [-0.2, -0.15) is 0 Å². The van der Waals surface area contributed by atoms with Gasteiger partial charge in [0.1, 0.15) is 12.2 Å². The highest BCUT2D eigenvalue weighted by atomic mass is 16.3. The summed E-state index contributed by atoms with van der Waals surface area (Å²) in [5, 5.41) is 43.4. The topological polar surface area (TPSA) is 110 Å². The molecule has 1 amide bonds. The van der Waals surface area contributed by atoms with Crippen LogP contribution in [-0.4, -0.2) is 57.3 Å². The van der Waals surface area contributed by atoms with E-state index in [-0.39, 0.29) is 0 Å². The number of hydrogen-bond acceptors (Lipinski definition) is 5. The standard InChI is InChI=1S/C42H81NO5/c1-3-5-7-9-11-13-15-16-17-18-19-20-21-22-23-24-25-26-28-30-32-34-36-40(46)42(48)43-38(37-44)41(47)39(45)35-33-31-29-27-14-12-10-8-6-4-2/h22-23,27,29,38-41,44-47H,3-21,24-26,28,30-37H2,1-2H3,(H,43,48)/b23-22-,29-27+. The van der Waals surface area contributed by atoms with E-state index in [0.29, 0.717) is 12.8 Å². The molecule has 0 saturated carbocycles. The second kappa shape index (κ2) is 37.1. The fraction of sp³-hybridized carbons (Fsp3) is 0.881. The highest BCUT2D eigenvalue weighted by molar-refractivity contribution is 5.80. The monoisotopic (exact) mass is 680 g/mol. The van der Waals surface area contributed by atoms with Crippen LogP contribution in [0, 0.1) is 0 Å². The lowest BCUT2D eigenvalue weighted by Crippen LogP contribution is -2.53. The van der Waals surface area contributed by atoms with Crippen molar-refractivity contribution in [3.8, 4) is 0 Å². The fourth-order valence-corrected chi connectivity index (χ4v) is 6.28. The van der Waals surface area contributed by atoms with Gasteiger partial charge in [-0.05, 0) is 64.2 Å². The number of carbonyl (C=O) groups excluding carboxylic acids is 1. The molecule has 6 heteroatoms. The summed E-state index contributed by atoms with van der Waals surface area (Å²) in [5.41, 5.74) is 0. The van der Waals surface area contributed by atoms with E-state index >= 15 is 0 Å². The van der Waals surface area contributed by atoms with E-state index in [2.05, 4.69) is 43.5 Å². The number of aliphatic hydroxyl groups excluding tert-OH is 4. The molecule has 0 bridgehead atoms. The predicted octanol–water partition coefficient (Wildman–Crippen LogP) is 10.4. The van der Waals surface area contributed by atoms with Crippen molar-refractivity contribution in [2.45, 2.75) is 231 Å². The Morgan fingerprint density at radius 1 is 0.500 bits per heavy atom. The van der Waals surface area contributed by atoms with Crippen molar-refractivity contribution in [2.75, 3.05) is 6.61 Å². The zero-order valence-corrected chi connectivity index (χ0v) is 31.7. The lowest BCUT2D eigenvalue weighted by atomic mass is 10.00. The third-order valence-electron chi connectivity index (χ3n) is 9.63. The van der Waals surface area contributed by atoms with Crippen molar-refractivity contribution >= 4 is 5.91 Å². The fourth-order valence-electron chi connectivity index (χ4n) is 6.28. The van der Waals surface area contributed by atoms with Crippen LogP contribution >= 0.6 is 0 Å². The van der Waals surface area contributed by atoms with E-state index in [0.717, 1.165) is 44.9 Å². The minimum Gasteiger partial charge on any atom is -0.394 e. The number of allylic oxidation sites excluding steroid dienone is 4. The molecule has 0 aromatic carbocycles. The Morgan fingerprint density at radius 3 is 1.25 bits per heavy atom. The number of unbranched alkanes of at least 4 members (excludes halogenated alkanes) is 24. The van der Waals surface area contributed by atoms with Crippen LogP contribution in [0.15, 0.2) is 24.3 Å². The zero-order chi connectivity index (χ0) is 35.3. The average Bonchev–Trinajstić information content (AvgIpc) is 3.09. The van der Waals surface area contributed by atoms with Gasteiger partial charge in [0.25, 0.3) is 0 Å².